The Bertz CT molecular complexity index is 435. The molecule has 0 spiro atoms. The molecule has 1 aromatic rings. The molecule has 0 aliphatic heterocycles. The molecule has 1 atom stereocenters. The van der Waals surface area contributed by atoms with E-state index in [2.05, 4.69) is 6.58 Å². The molecule has 0 radical (unpaired) electrons. The molecule has 0 fully saturated rings. The van der Waals surface area contributed by atoms with E-state index in [0.29, 0.717) is 5.56 Å². The van der Waals surface area contributed by atoms with E-state index in [9.17, 15) is 27.1 Å². The summed E-state index contributed by atoms with van der Waals surface area (Å²) in [4.78, 5) is 0. The first-order valence-electron chi connectivity index (χ1n) is 4.94. The molecule has 0 aromatic heterocycles. The van der Waals surface area contributed by atoms with Gasteiger partial charge in [-0.15, -0.1) is 0 Å². The standard InChI is InChI=1S/C12H11F5O/c1-3-10(13,14)11(18,12(15,16)17)9-6-4-8(2)5-7-9/h3-7,18H,1H2,2H3. The number of alkyl halides is 5. The van der Waals surface area contributed by atoms with Gasteiger partial charge in [0, 0.05) is 0 Å². The van der Waals surface area contributed by atoms with Crippen LogP contribution in [0.3, 0.4) is 0 Å². The monoisotopic (exact) mass is 266 g/mol. The molecular formula is C12H11F5O. The van der Waals surface area contributed by atoms with Gasteiger partial charge in [-0.3, -0.25) is 0 Å². The number of halogens is 5. The highest BCUT2D eigenvalue weighted by atomic mass is 19.4. The maximum atomic E-state index is 13.4. The van der Waals surface area contributed by atoms with Crippen LogP contribution in [0, 0.1) is 6.92 Å². The lowest BCUT2D eigenvalue weighted by atomic mass is 9.86. The van der Waals surface area contributed by atoms with Crippen LogP contribution in [-0.2, 0) is 5.60 Å². The molecule has 0 amide bonds. The average Bonchev–Trinajstić information content (AvgIpc) is 2.27. The Morgan fingerprint density at radius 1 is 1.06 bits per heavy atom. The normalized spacial score (nSPS) is 16.2. The topological polar surface area (TPSA) is 20.2 Å². The van der Waals surface area contributed by atoms with Crippen molar-refractivity contribution in [3.63, 3.8) is 0 Å². The first-order valence-corrected chi connectivity index (χ1v) is 4.94. The molecule has 1 unspecified atom stereocenters. The lowest BCUT2D eigenvalue weighted by molar-refractivity contribution is -0.327. The molecule has 0 saturated carbocycles. The fraction of sp³-hybridized carbons (Fsp3) is 0.333. The van der Waals surface area contributed by atoms with Gasteiger partial charge in [-0.05, 0) is 18.6 Å². The van der Waals surface area contributed by atoms with Crippen molar-refractivity contribution >= 4 is 0 Å². The van der Waals surface area contributed by atoms with Crippen LogP contribution in [0.4, 0.5) is 22.0 Å². The maximum Gasteiger partial charge on any atom is 0.427 e. The van der Waals surface area contributed by atoms with Gasteiger partial charge in [-0.2, -0.15) is 22.0 Å². The SMILES string of the molecule is C=CC(F)(F)C(O)(c1ccc(C)cc1)C(F)(F)F. The highest BCUT2D eigenvalue weighted by Crippen LogP contribution is 2.49. The van der Waals surface area contributed by atoms with Crippen molar-refractivity contribution in [2.75, 3.05) is 0 Å². The van der Waals surface area contributed by atoms with Gasteiger partial charge in [0.15, 0.2) is 0 Å². The van der Waals surface area contributed by atoms with Gasteiger partial charge in [0.25, 0.3) is 5.60 Å². The molecule has 6 heteroatoms. The summed E-state index contributed by atoms with van der Waals surface area (Å²) in [6.45, 7) is 4.23. The summed E-state index contributed by atoms with van der Waals surface area (Å²) in [6.07, 6.45) is -5.74. The van der Waals surface area contributed by atoms with Crippen molar-refractivity contribution in [2.45, 2.75) is 24.6 Å². The molecule has 1 rings (SSSR count). The van der Waals surface area contributed by atoms with Crippen LogP contribution in [0.5, 0.6) is 0 Å². The molecule has 0 bridgehead atoms. The summed E-state index contributed by atoms with van der Waals surface area (Å²) in [5.41, 5.74) is -4.62. The van der Waals surface area contributed by atoms with Gasteiger partial charge in [-0.1, -0.05) is 36.4 Å². The lowest BCUT2D eigenvalue weighted by Crippen LogP contribution is -2.55. The summed E-state index contributed by atoms with van der Waals surface area (Å²) in [7, 11) is 0. The minimum absolute atomic E-state index is 0.208. The Kier molecular flexibility index (Phi) is 3.53. The van der Waals surface area contributed by atoms with Gasteiger partial charge < -0.3 is 5.11 Å². The van der Waals surface area contributed by atoms with Gasteiger partial charge in [0.1, 0.15) is 0 Å². The smallest absolute Gasteiger partial charge is 0.372 e. The first-order chi connectivity index (χ1) is 8.06. The number of rotatable bonds is 3. The third-order valence-corrected chi connectivity index (χ3v) is 2.62. The summed E-state index contributed by atoms with van der Waals surface area (Å²) in [6, 6.07) is 4.07. The zero-order chi connectivity index (χ0) is 14.2. The zero-order valence-corrected chi connectivity index (χ0v) is 9.43. The van der Waals surface area contributed by atoms with Crippen LogP contribution in [0.1, 0.15) is 11.1 Å². The quantitative estimate of drug-likeness (QED) is 0.655. The second-order valence-corrected chi connectivity index (χ2v) is 3.90. The summed E-state index contributed by atoms with van der Waals surface area (Å²) < 4.78 is 65.2. The van der Waals surface area contributed by atoms with Crippen molar-refractivity contribution in [3.05, 3.63) is 48.0 Å². The Morgan fingerprint density at radius 3 is 1.83 bits per heavy atom. The minimum Gasteiger partial charge on any atom is -0.372 e. The predicted molar refractivity (Wildman–Crippen MR) is 56.3 cm³/mol. The number of hydrogen-bond acceptors (Lipinski definition) is 1. The number of aryl methyl sites for hydroxylation is 1. The molecule has 1 aromatic carbocycles. The van der Waals surface area contributed by atoms with Crippen molar-refractivity contribution in [2.24, 2.45) is 0 Å². The van der Waals surface area contributed by atoms with Crippen LogP contribution in [0.15, 0.2) is 36.9 Å². The molecule has 100 valence electrons. The molecule has 1 N–H and O–H groups in total. The molecule has 0 saturated heterocycles. The van der Waals surface area contributed by atoms with Crippen LogP contribution in [0.25, 0.3) is 0 Å². The number of benzene rings is 1. The Hall–Kier alpha value is -1.43. The molecule has 0 heterocycles. The Morgan fingerprint density at radius 2 is 1.50 bits per heavy atom. The molecular weight excluding hydrogens is 255 g/mol. The molecule has 18 heavy (non-hydrogen) atoms. The van der Waals surface area contributed by atoms with E-state index < -0.39 is 23.3 Å². The van der Waals surface area contributed by atoms with Crippen LogP contribution in [-0.4, -0.2) is 17.2 Å². The van der Waals surface area contributed by atoms with E-state index in [1.165, 1.54) is 12.1 Å². The summed E-state index contributed by atoms with van der Waals surface area (Å²) in [5, 5.41) is 9.49. The van der Waals surface area contributed by atoms with E-state index in [4.69, 9.17) is 0 Å². The second-order valence-electron chi connectivity index (χ2n) is 3.90. The van der Waals surface area contributed by atoms with Gasteiger partial charge in [0.2, 0.25) is 0 Å². The average molecular weight is 266 g/mol. The van der Waals surface area contributed by atoms with Crippen molar-refractivity contribution in [1.82, 2.24) is 0 Å². The minimum atomic E-state index is -5.53. The van der Waals surface area contributed by atoms with Crippen molar-refractivity contribution in [1.29, 1.82) is 0 Å². The summed E-state index contributed by atoms with van der Waals surface area (Å²) in [5.74, 6) is -4.53. The van der Waals surface area contributed by atoms with Gasteiger partial charge in [-0.25, -0.2) is 0 Å². The highest BCUT2D eigenvalue weighted by Gasteiger charge is 2.68. The predicted octanol–water partition coefficient (Wildman–Crippen LogP) is 3.57. The van der Waals surface area contributed by atoms with E-state index >= 15 is 0 Å². The fourth-order valence-corrected chi connectivity index (χ4v) is 1.49. The van der Waals surface area contributed by atoms with Crippen LogP contribution >= 0.6 is 0 Å². The number of hydrogen-bond donors (Lipinski definition) is 1. The van der Waals surface area contributed by atoms with Gasteiger partial charge >= 0.3 is 12.1 Å². The molecule has 0 aliphatic rings. The maximum absolute atomic E-state index is 13.4. The fourth-order valence-electron chi connectivity index (χ4n) is 1.49. The van der Waals surface area contributed by atoms with E-state index in [0.717, 1.165) is 12.1 Å². The Balaban J connectivity index is 3.48. The largest absolute Gasteiger partial charge is 0.427 e. The highest BCUT2D eigenvalue weighted by molar-refractivity contribution is 5.32. The van der Waals surface area contributed by atoms with Crippen LogP contribution in [0.2, 0.25) is 0 Å². The molecule has 0 aliphatic carbocycles. The first kappa shape index (κ1) is 14.6. The van der Waals surface area contributed by atoms with Gasteiger partial charge in [0.05, 0.1) is 0 Å². The van der Waals surface area contributed by atoms with E-state index in [1.807, 2.05) is 0 Å². The van der Waals surface area contributed by atoms with Crippen LogP contribution < -0.4 is 0 Å². The third kappa shape index (κ3) is 2.12. The zero-order valence-electron chi connectivity index (χ0n) is 9.43. The third-order valence-electron chi connectivity index (χ3n) is 2.62. The van der Waals surface area contributed by atoms with E-state index in [1.54, 1.807) is 6.92 Å². The van der Waals surface area contributed by atoms with Crippen molar-refractivity contribution < 1.29 is 27.1 Å². The summed E-state index contributed by atoms with van der Waals surface area (Å²) >= 11 is 0. The molecule has 1 nitrogen and oxygen atoms in total. The number of aliphatic hydroxyl groups is 1. The second kappa shape index (κ2) is 4.35. The van der Waals surface area contributed by atoms with Crippen molar-refractivity contribution in [3.8, 4) is 0 Å². The Labute approximate surface area is 101 Å². The van der Waals surface area contributed by atoms with E-state index in [-0.39, 0.29) is 6.08 Å². The lowest BCUT2D eigenvalue weighted by Gasteiger charge is -2.35.